The van der Waals surface area contributed by atoms with Gasteiger partial charge in [0, 0.05) is 31.1 Å². The van der Waals surface area contributed by atoms with Crippen LogP contribution in [0.1, 0.15) is 40.2 Å². The molecule has 42 heavy (non-hydrogen) atoms. The summed E-state index contributed by atoms with van der Waals surface area (Å²) in [6.07, 6.45) is -4.13. The first-order chi connectivity index (χ1) is 19.7. The zero-order chi connectivity index (χ0) is 29.2. The van der Waals surface area contributed by atoms with E-state index in [9.17, 15) is 23.1 Å². The summed E-state index contributed by atoms with van der Waals surface area (Å²) < 4.78 is 46.7. The highest BCUT2D eigenvalue weighted by molar-refractivity contribution is 6.32. The Labute approximate surface area is 255 Å². The monoisotopic (exact) mass is 617 g/mol. The highest BCUT2D eigenvalue weighted by Gasteiger charge is 2.34. The fourth-order valence-electron chi connectivity index (χ4n) is 4.85. The van der Waals surface area contributed by atoms with E-state index in [0.717, 1.165) is 17.2 Å². The van der Waals surface area contributed by atoms with Gasteiger partial charge in [0.15, 0.2) is 0 Å². The standard InChI is InChI=1S/C33H31ClF3NO3.ClH/c34-32-27(16-9-17-29(32)33(35,36)37)22-38(19-10-20-41-30-18-8-7-15-26(30)21-31(39)40)23-28(24-11-3-1-4-12-24)25-13-5-2-6-14-25;/h1-9,11-18,28H,10,19-23H2,(H,39,40);1H. The Balaban J connectivity index is 0.00000484. The molecular formula is C33H32Cl2F3NO3. The number of para-hydroxylation sites is 1. The van der Waals surface area contributed by atoms with Gasteiger partial charge in [0.2, 0.25) is 0 Å². The maximum Gasteiger partial charge on any atom is 0.417 e. The molecule has 0 saturated heterocycles. The van der Waals surface area contributed by atoms with Crippen LogP contribution in [-0.4, -0.2) is 35.7 Å². The average Bonchev–Trinajstić information content (AvgIpc) is 2.95. The molecule has 0 amide bonds. The van der Waals surface area contributed by atoms with Gasteiger partial charge in [-0.3, -0.25) is 9.69 Å². The van der Waals surface area contributed by atoms with E-state index < -0.39 is 17.7 Å². The number of halogens is 5. The van der Waals surface area contributed by atoms with E-state index in [1.807, 2.05) is 36.4 Å². The number of hydrogen-bond acceptors (Lipinski definition) is 3. The maximum atomic E-state index is 13.6. The zero-order valence-electron chi connectivity index (χ0n) is 22.8. The lowest BCUT2D eigenvalue weighted by Crippen LogP contribution is -2.31. The molecule has 222 valence electrons. The number of aliphatic carboxylic acids is 1. The van der Waals surface area contributed by atoms with Crippen LogP contribution in [0.2, 0.25) is 5.02 Å². The van der Waals surface area contributed by atoms with Crippen molar-refractivity contribution in [3.05, 3.63) is 136 Å². The molecule has 0 heterocycles. The molecule has 0 radical (unpaired) electrons. The average molecular weight is 619 g/mol. The van der Waals surface area contributed by atoms with Crippen molar-refractivity contribution in [1.82, 2.24) is 4.90 Å². The molecule has 4 rings (SSSR count). The summed E-state index contributed by atoms with van der Waals surface area (Å²) in [6, 6.07) is 31.0. The maximum absolute atomic E-state index is 13.6. The Bertz CT molecular complexity index is 1380. The van der Waals surface area contributed by atoms with Gasteiger partial charge < -0.3 is 9.84 Å². The van der Waals surface area contributed by atoms with E-state index in [-0.39, 0.29) is 36.3 Å². The van der Waals surface area contributed by atoms with Crippen LogP contribution in [0.5, 0.6) is 5.75 Å². The molecular weight excluding hydrogens is 586 g/mol. The second kappa shape index (κ2) is 15.6. The third-order valence-corrected chi connectivity index (χ3v) is 7.26. The third kappa shape index (κ3) is 9.24. The van der Waals surface area contributed by atoms with E-state index in [2.05, 4.69) is 29.2 Å². The Hall–Kier alpha value is -3.52. The van der Waals surface area contributed by atoms with Crippen molar-refractivity contribution in [3.63, 3.8) is 0 Å². The number of nitrogens with zero attached hydrogens (tertiary/aromatic N) is 1. The van der Waals surface area contributed by atoms with Crippen LogP contribution in [0.15, 0.2) is 103 Å². The molecule has 0 aliphatic heterocycles. The minimum absolute atomic E-state index is 0. The van der Waals surface area contributed by atoms with Crippen molar-refractivity contribution in [3.8, 4) is 5.75 Å². The molecule has 0 fully saturated rings. The number of hydrogen-bond donors (Lipinski definition) is 1. The van der Waals surface area contributed by atoms with E-state index in [4.69, 9.17) is 16.3 Å². The number of carboxylic acids is 1. The predicted molar refractivity (Wildman–Crippen MR) is 162 cm³/mol. The van der Waals surface area contributed by atoms with Crippen LogP contribution in [0, 0.1) is 0 Å². The van der Waals surface area contributed by atoms with Gasteiger partial charge in [0.05, 0.1) is 23.6 Å². The summed E-state index contributed by atoms with van der Waals surface area (Å²) >= 11 is 6.29. The van der Waals surface area contributed by atoms with E-state index in [0.29, 0.717) is 43.0 Å². The molecule has 4 aromatic carbocycles. The van der Waals surface area contributed by atoms with Gasteiger partial charge in [0.1, 0.15) is 5.75 Å². The molecule has 0 bridgehead atoms. The largest absolute Gasteiger partial charge is 0.493 e. The van der Waals surface area contributed by atoms with Gasteiger partial charge in [-0.1, -0.05) is 103 Å². The number of benzene rings is 4. The number of alkyl halides is 3. The normalized spacial score (nSPS) is 11.4. The Morgan fingerprint density at radius 2 is 1.40 bits per heavy atom. The van der Waals surface area contributed by atoms with Gasteiger partial charge in [-0.15, -0.1) is 12.4 Å². The van der Waals surface area contributed by atoms with Gasteiger partial charge in [-0.2, -0.15) is 13.2 Å². The van der Waals surface area contributed by atoms with Crippen molar-refractivity contribution in [2.45, 2.75) is 31.5 Å². The molecule has 0 atom stereocenters. The molecule has 0 unspecified atom stereocenters. The summed E-state index contributed by atoms with van der Waals surface area (Å²) in [5, 5.41) is 8.90. The lowest BCUT2D eigenvalue weighted by molar-refractivity contribution is -0.138. The number of ether oxygens (including phenoxy) is 1. The highest BCUT2D eigenvalue weighted by atomic mass is 35.5. The smallest absolute Gasteiger partial charge is 0.417 e. The van der Waals surface area contributed by atoms with Gasteiger partial charge in [0.25, 0.3) is 0 Å². The van der Waals surface area contributed by atoms with Crippen LogP contribution in [0.4, 0.5) is 13.2 Å². The molecule has 4 aromatic rings. The summed E-state index contributed by atoms with van der Waals surface area (Å²) in [6.45, 7) is 1.58. The molecule has 0 aliphatic carbocycles. The minimum atomic E-state index is -4.55. The van der Waals surface area contributed by atoms with Crippen molar-refractivity contribution < 1.29 is 27.8 Å². The Morgan fingerprint density at radius 3 is 2.00 bits per heavy atom. The molecule has 0 aliphatic rings. The SMILES string of the molecule is Cl.O=C(O)Cc1ccccc1OCCCN(Cc1cccc(C(F)(F)F)c1Cl)CC(c1ccccc1)c1ccccc1. The Morgan fingerprint density at radius 1 is 0.833 bits per heavy atom. The number of rotatable bonds is 13. The van der Waals surface area contributed by atoms with Crippen molar-refractivity contribution in [2.75, 3.05) is 19.7 Å². The van der Waals surface area contributed by atoms with Crippen LogP contribution in [-0.2, 0) is 23.9 Å². The summed E-state index contributed by atoms with van der Waals surface area (Å²) in [5.41, 5.74) is 2.32. The molecule has 1 N–H and O–H groups in total. The van der Waals surface area contributed by atoms with Gasteiger partial charge in [-0.25, -0.2) is 0 Å². The van der Waals surface area contributed by atoms with Crippen molar-refractivity contribution in [2.24, 2.45) is 0 Å². The first-order valence-corrected chi connectivity index (χ1v) is 13.7. The van der Waals surface area contributed by atoms with Crippen molar-refractivity contribution in [1.29, 1.82) is 0 Å². The van der Waals surface area contributed by atoms with Crippen LogP contribution in [0.25, 0.3) is 0 Å². The lowest BCUT2D eigenvalue weighted by Gasteiger charge is -2.29. The van der Waals surface area contributed by atoms with Crippen LogP contribution in [0.3, 0.4) is 0 Å². The summed E-state index contributed by atoms with van der Waals surface area (Å²) in [5.74, 6) is -0.467. The topological polar surface area (TPSA) is 49.8 Å². The zero-order valence-corrected chi connectivity index (χ0v) is 24.3. The highest BCUT2D eigenvalue weighted by Crippen LogP contribution is 2.37. The van der Waals surface area contributed by atoms with Crippen molar-refractivity contribution >= 4 is 30.0 Å². The predicted octanol–water partition coefficient (Wildman–Crippen LogP) is 8.51. The molecule has 0 aromatic heterocycles. The lowest BCUT2D eigenvalue weighted by atomic mass is 9.90. The fourth-order valence-corrected chi connectivity index (χ4v) is 5.15. The van der Waals surface area contributed by atoms with Gasteiger partial charge in [-0.05, 0) is 35.2 Å². The molecule has 0 saturated carbocycles. The molecule has 4 nitrogen and oxygen atoms in total. The van der Waals surface area contributed by atoms with E-state index in [1.165, 1.54) is 6.07 Å². The first kappa shape index (κ1) is 33.0. The van der Waals surface area contributed by atoms with Crippen LogP contribution >= 0.6 is 24.0 Å². The third-order valence-electron chi connectivity index (χ3n) is 6.81. The van der Waals surface area contributed by atoms with E-state index in [1.54, 1.807) is 30.3 Å². The van der Waals surface area contributed by atoms with E-state index >= 15 is 0 Å². The quantitative estimate of drug-likeness (QED) is 0.153. The fraction of sp³-hybridized carbons (Fsp3) is 0.242. The number of carbonyl (C=O) groups is 1. The van der Waals surface area contributed by atoms with Crippen LogP contribution < -0.4 is 4.74 Å². The summed E-state index contributed by atoms with van der Waals surface area (Å²) in [4.78, 5) is 13.3. The second-order valence-electron chi connectivity index (χ2n) is 9.77. The summed E-state index contributed by atoms with van der Waals surface area (Å²) in [7, 11) is 0. The second-order valence-corrected chi connectivity index (χ2v) is 10.1. The molecule has 9 heteroatoms. The number of carboxylic acid groups (broad SMARTS) is 1. The molecule has 0 spiro atoms. The first-order valence-electron chi connectivity index (χ1n) is 13.3. The Kier molecular flexibility index (Phi) is 12.3. The minimum Gasteiger partial charge on any atom is -0.493 e. The van der Waals surface area contributed by atoms with Gasteiger partial charge >= 0.3 is 12.1 Å².